The van der Waals surface area contributed by atoms with Crippen molar-refractivity contribution in [3.63, 3.8) is 0 Å². The Morgan fingerprint density at radius 2 is 1.88 bits per heavy atom. The van der Waals surface area contributed by atoms with Gasteiger partial charge in [0, 0.05) is 18.8 Å². The Morgan fingerprint density at radius 1 is 1.21 bits per heavy atom. The van der Waals surface area contributed by atoms with E-state index in [1.807, 2.05) is 0 Å². The predicted octanol–water partition coefficient (Wildman–Crippen LogP) is 2.38. The molecule has 1 atom stereocenters. The normalized spacial score (nSPS) is 12.2. The summed E-state index contributed by atoms with van der Waals surface area (Å²) in [4.78, 5) is 35.2. The molecule has 0 spiro atoms. The van der Waals surface area contributed by atoms with Crippen LogP contribution in [0.15, 0.2) is 34.1 Å². The first-order valence-corrected chi connectivity index (χ1v) is 12.0. The number of carboxylic acid groups (broad SMARTS) is 1. The molecule has 1 aromatic heterocycles. The summed E-state index contributed by atoms with van der Waals surface area (Å²) >= 11 is 11.6. The molecule has 11 nitrogen and oxygen atoms in total. The average Bonchev–Trinajstić information content (AvgIpc) is 2.75. The van der Waals surface area contributed by atoms with Crippen LogP contribution in [0.25, 0.3) is 0 Å². The van der Waals surface area contributed by atoms with Gasteiger partial charge in [0.25, 0.3) is 5.56 Å². The van der Waals surface area contributed by atoms with Crippen molar-refractivity contribution < 1.29 is 23.1 Å². The fraction of sp³-hybridized carbons (Fsp3) is 0.368. The Hall–Kier alpha value is -2.67. The topological polar surface area (TPSA) is 159 Å². The number of halogens is 2. The van der Waals surface area contributed by atoms with Crippen molar-refractivity contribution in [2.24, 2.45) is 0 Å². The molecule has 0 bridgehead atoms. The number of sulfonamides is 1. The van der Waals surface area contributed by atoms with Crippen LogP contribution in [0.3, 0.4) is 0 Å². The van der Waals surface area contributed by atoms with Crippen LogP contribution in [0.5, 0.6) is 0 Å². The fourth-order valence-corrected chi connectivity index (χ4v) is 4.36. The summed E-state index contributed by atoms with van der Waals surface area (Å²) in [5, 5.41) is 16.8. The van der Waals surface area contributed by atoms with Gasteiger partial charge in [0.2, 0.25) is 15.9 Å². The van der Waals surface area contributed by atoms with E-state index in [2.05, 4.69) is 20.5 Å². The zero-order valence-corrected chi connectivity index (χ0v) is 20.1. The van der Waals surface area contributed by atoms with Gasteiger partial charge in [0.05, 0.1) is 16.1 Å². The fourth-order valence-electron chi connectivity index (χ4n) is 2.76. The van der Waals surface area contributed by atoms with Crippen molar-refractivity contribution in [2.75, 3.05) is 18.4 Å². The molecule has 4 N–H and O–H groups in total. The smallest absolute Gasteiger partial charge is 0.404 e. The SMILES string of the molecule is Cc1ccc(NC(=O)[C@@H](C)n2ncc(Cl)c(Cl)c2=O)cc1S(=O)(=O)NCCCCNC(=O)O. The number of amides is 2. The number of carbonyl (C=O) groups is 2. The summed E-state index contributed by atoms with van der Waals surface area (Å²) < 4.78 is 28.7. The molecule has 0 fully saturated rings. The highest BCUT2D eigenvalue weighted by atomic mass is 35.5. The van der Waals surface area contributed by atoms with Gasteiger partial charge >= 0.3 is 6.09 Å². The minimum absolute atomic E-state index is 0.0264. The number of unbranched alkanes of at least 4 members (excludes halogenated alkanes) is 1. The second-order valence-corrected chi connectivity index (χ2v) is 9.56. The monoisotopic (exact) mass is 519 g/mol. The molecule has 1 aromatic carbocycles. The number of rotatable bonds is 10. The van der Waals surface area contributed by atoms with E-state index >= 15 is 0 Å². The highest BCUT2D eigenvalue weighted by Crippen LogP contribution is 2.21. The quantitative estimate of drug-likeness (QED) is 0.350. The third-order valence-corrected chi connectivity index (χ3v) is 6.92. The molecule has 2 rings (SSSR count). The van der Waals surface area contributed by atoms with Gasteiger partial charge in [-0.15, -0.1) is 0 Å². The number of benzene rings is 1. The lowest BCUT2D eigenvalue weighted by Crippen LogP contribution is -2.33. The Balaban J connectivity index is 2.09. The van der Waals surface area contributed by atoms with Crippen molar-refractivity contribution in [3.8, 4) is 0 Å². The maximum atomic E-state index is 12.7. The van der Waals surface area contributed by atoms with Gasteiger partial charge in [-0.2, -0.15) is 5.10 Å². The molecule has 180 valence electrons. The number of carbonyl (C=O) groups excluding carboxylic acids is 1. The van der Waals surface area contributed by atoms with Crippen molar-refractivity contribution in [3.05, 3.63) is 50.4 Å². The Bertz CT molecular complexity index is 1200. The van der Waals surface area contributed by atoms with Gasteiger partial charge in [-0.1, -0.05) is 29.3 Å². The van der Waals surface area contributed by atoms with Crippen molar-refractivity contribution in [1.82, 2.24) is 19.8 Å². The number of nitrogens with one attached hydrogen (secondary N) is 3. The van der Waals surface area contributed by atoms with Gasteiger partial charge in [-0.3, -0.25) is 9.59 Å². The second kappa shape index (κ2) is 11.5. The number of anilines is 1. The first-order chi connectivity index (χ1) is 15.4. The molecule has 2 aromatic rings. The van der Waals surface area contributed by atoms with E-state index in [0.29, 0.717) is 18.4 Å². The number of nitrogens with zero attached hydrogens (tertiary/aromatic N) is 2. The average molecular weight is 520 g/mol. The maximum Gasteiger partial charge on any atom is 0.404 e. The molecular formula is C19H23Cl2N5O6S. The zero-order valence-electron chi connectivity index (χ0n) is 17.8. The van der Waals surface area contributed by atoms with Crippen LogP contribution >= 0.6 is 23.2 Å². The summed E-state index contributed by atoms with van der Waals surface area (Å²) in [6, 6.07) is 3.32. The number of aromatic nitrogens is 2. The molecule has 0 aliphatic heterocycles. The van der Waals surface area contributed by atoms with Crippen LogP contribution in [0.2, 0.25) is 10.0 Å². The van der Waals surface area contributed by atoms with Gasteiger partial charge in [0.1, 0.15) is 11.1 Å². The van der Waals surface area contributed by atoms with E-state index in [1.54, 1.807) is 6.92 Å². The highest BCUT2D eigenvalue weighted by molar-refractivity contribution is 7.89. The lowest BCUT2D eigenvalue weighted by molar-refractivity contribution is -0.119. The van der Waals surface area contributed by atoms with Crippen LogP contribution in [0.1, 0.15) is 31.4 Å². The van der Waals surface area contributed by atoms with Crippen molar-refractivity contribution in [2.45, 2.75) is 37.6 Å². The second-order valence-electron chi connectivity index (χ2n) is 7.04. The molecule has 0 aliphatic carbocycles. The van der Waals surface area contributed by atoms with Crippen LogP contribution in [0.4, 0.5) is 10.5 Å². The molecule has 14 heteroatoms. The van der Waals surface area contributed by atoms with Gasteiger partial charge in [-0.25, -0.2) is 22.6 Å². The van der Waals surface area contributed by atoms with Crippen LogP contribution in [-0.2, 0) is 14.8 Å². The molecule has 0 saturated heterocycles. The summed E-state index contributed by atoms with van der Waals surface area (Å²) in [6.07, 6.45) is 0.899. The van der Waals surface area contributed by atoms with Crippen LogP contribution in [0, 0.1) is 6.92 Å². The maximum absolute atomic E-state index is 12.7. The summed E-state index contributed by atoms with van der Waals surface area (Å²) in [5.41, 5.74) is -0.0678. The van der Waals surface area contributed by atoms with E-state index < -0.39 is 33.6 Å². The standard InChI is InChI=1S/C19H23Cl2N5O6S/c1-11-5-6-13(9-15(11)33(31,32)24-8-4-3-7-22-19(29)30)25-17(27)12(2)26-18(28)16(21)14(20)10-23-26/h5-6,9-10,12,22,24H,3-4,7-8H2,1-2H3,(H,25,27)(H,29,30)/t12-/m1/s1. The molecule has 0 saturated carbocycles. The largest absolute Gasteiger partial charge is 0.465 e. The molecule has 33 heavy (non-hydrogen) atoms. The Kier molecular flexibility index (Phi) is 9.23. The third-order valence-electron chi connectivity index (χ3n) is 4.56. The van der Waals surface area contributed by atoms with Crippen molar-refractivity contribution in [1.29, 1.82) is 0 Å². The minimum atomic E-state index is -3.88. The van der Waals surface area contributed by atoms with E-state index in [9.17, 15) is 22.8 Å². The van der Waals surface area contributed by atoms with Gasteiger partial charge in [-0.05, 0) is 44.4 Å². The Labute approximate surface area is 200 Å². The van der Waals surface area contributed by atoms with Crippen LogP contribution in [-0.4, -0.2) is 48.4 Å². The minimum Gasteiger partial charge on any atom is -0.465 e. The van der Waals surface area contributed by atoms with Crippen molar-refractivity contribution >= 4 is 50.9 Å². The lowest BCUT2D eigenvalue weighted by Gasteiger charge is -2.16. The van der Waals surface area contributed by atoms with Crippen LogP contribution < -0.4 is 20.9 Å². The first-order valence-electron chi connectivity index (χ1n) is 9.75. The van der Waals surface area contributed by atoms with Gasteiger partial charge in [0.15, 0.2) is 0 Å². The van der Waals surface area contributed by atoms with E-state index in [4.69, 9.17) is 28.3 Å². The number of aryl methyl sites for hydroxylation is 1. The number of hydrogen-bond acceptors (Lipinski definition) is 6. The summed E-state index contributed by atoms with van der Waals surface area (Å²) in [7, 11) is -3.88. The molecule has 0 aliphatic rings. The lowest BCUT2D eigenvalue weighted by atomic mass is 10.2. The molecular weight excluding hydrogens is 497 g/mol. The highest BCUT2D eigenvalue weighted by Gasteiger charge is 2.22. The molecule has 0 radical (unpaired) electrons. The Morgan fingerprint density at radius 3 is 2.55 bits per heavy atom. The molecule has 2 amide bonds. The summed E-state index contributed by atoms with van der Waals surface area (Å²) in [6.45, 7) is 3.37. The van der Waals surface area contributed by atoms with E-state index in [1.165, 1.54) is 25.1 Å². The number of hydrogen-bond donors (Lipinski definition) is 4. The van der Waals surface area contributed by atoms with E-state index in [0.717, 1.165) is 10.9 Å². The summed E-state index contributed by atoms with van der Waals surface area (Å²) in [5.74, 6) is -0.617. The first kappa shape index (κ1) is 26.6. The van der Waals surface area contributed by atoms with E-state index in [-0.39, 0.29) is 33.7 Å². The molecule has 0 unspecified atom stereocenters. The molecule has 1 heterocycles. The van der Waals surface area contributed by atoms with Gasteiger partial charge < -0.3 is 15.7 Å². The predicted molar refractivity (Wildman–Crippen MR) is 123 cm³/mol. The third kappa shape index (κ3) is 7.16. The zero-order chi connectivity index (χ0) is 24.8.